The molecular formula is C14H11N5O5S2. The fraction of sp³-hybridized carbons (Fsp3) is 0.214. The van der Waals surface area contributed by atoms with Crippen molar-refractivity contribution in [2.75, 3.05) is 11.5 Å². The highest BCUT2D eigenvalue weighted by Crippen LogP contribution is 2.40. The van der Waals surface area contributed by atoms with Crippen LogP contribution >= 0.6 is 23.1 Å². The van der Waals surface area contributed by atoms with E-state index in [1.165, 1.54) is 17.1 Å². The van der Waals surface area contributed by atoms with Crippen LogP contribution in [0.1, 0.15) is 5.69 Å². The van der Waals surface area contributed by atoms with Crippen LogP contribution in [-0.4, -0.2) is 60.9 Å². The lowest BCUT2D eigenvalue weighted by atomic mass is 10.0. The minimum atomic E-state index is -1.31. The summed E-state index contributed by atoms with van der Waals surface area (Å²) in [6.45, 7) is 0. The first-order chi connectivity index (χ1) is 12.4. The summed E-state index contributed by atoms with van der Waals surface area (Å²) in [6, 6.07) is -0.978. The van der Waals surface area contributed by atoms with Crippen LogP contribution in [0.4, 0.5) is 5.13 Å². The van der Waals surface area contributed by atoms with Gasteiger partial charge in [-0.25, -0.2) is 9.78 Å². The Balaban J connectivity index is 1.78. The van der Waals surface area contributed by atoms with Crippen molar-refractivity contribution in [2.45, 2.75) is 11.4 Å². The van der Waals surface area contributed by atoms with Gasteiger partial charge in [0.05, 0.1) is 0 Å². The summed E-state index contributed by atoms with van der Waals surface area (Å²) in [5.74, 6) is -0.259. The van der Waals surface area contributed by atoms with Crippen molar-refractivity contribution >= 4 is 51.7 Å². The summed E-state index contributed by atoms with van der Waals surface area (Å²) in [5, 5.41) is 24.7. The molecule has 3 rings (SSSR count). The third-order valence-electron chi connectivity index (χ3n) is 3.71. The van der Waals surface area contributed by atoms with Crippen molar-refractivity contribution < 1.29 is 24.7 Å². The van der Waals surface area contributed by atoms with E-state index in [4.69, 9.17) is 17.4 Å². The third-order valence-corrected chi connectivity index (χ3v) is 5.67. The Labute approximate surface area is 154 Å². The molecule has 12 heteroatoms. The molecule has 0 aliphatic carbocycles. The van der Waals surface area contributed by atoms with Gasteiger partial charge in [0.2, 0.25) is 0 Å². The number of fused-ring (bicyclic) bond motifs is 1. The topological polar surface area (TPSA) is 158 Å². The number of β-lactam (4-membered cyclic amide) rings is 1. The Morgan fingerprint density at radius 2 is 2.27 bits per heavy atom. The number of carbonyl (C=O) groups excluding carboxylic acids is 2. The molecule has 0 radical (unpaired) electrons. The van der Waals surface area contributed by atoms with E-state index in [2.05, 4.69) is 21.4 Å². The molecule has 2 amide bonds. The van der Waals surface area contributed by atoms with Gasteiger partial charge >= 0.3 is 5.97 Å². The van der Waals surface area contributed by atoms with Gasteiger partial charge in [0.25, 0.3) is 11.8 Å². The van der Waals surface area contributed by atoms with Gasteiger partial charge in [-0.3, -0.25) is 14.5 Å². The number of aromatic nitrogens is 1. The van der Waals surface area contributed by atoms with Crippen LogP contribution in [0.2, 0.25) is 0 Å². The number of thiazole rings is 1. The number of amides is 2. The maximum absolute atomic E-state index is 12.4. The van der Waals surface area contributed by atoms with E-state index in [9.17, 15) is 19.5 Å². The molecule has 1 aromatic heterocycles. The Kier molecular flexibility index (Phi) is 4.58. The molecular weight excluding hydrogens is 382 g/mol. The first-order valence-electron chi connectivity index (χ1n) is 7.01. The van der Waals surface area contributed by atoms with Crippen molar-refractivity contribution in [3.63, 3.8) is 0 Å². The molecule has 5 N–H and O–H groups in total. The van der Waals surface area contributed by atoms with Gasteiger partial charge < -0.3 is 21.4 Å². The van der Waals surface area contributed by atoms with Gasteiger partial charge in [-0.1, -0.05) is 11.1 Å². The highest BCUT2D eigenvalue weighted by molar-refractivity contribution is 8.00. The predicted octanol–water partition coefficient (Wildman–Crippen LogP) is -0.725. The second kappa shape index (κ2) is 6.70. The molecule has 0 unspecified atom stereocenters. The summed E-state index contributed by atoms with van der Waals surface area (Å²) in [6.07, 6.45) is 5.30. The van der Waals surface area contributed by atoms with E-state index in [1.807, 2.05) is 0 Å². The van der Waals surface area contributed by atoms with E-state index in [0.29, 0.717) is 0 Å². The molecule has 0 spiro atoms. The maximum Gasteiger partial charge on any atom is 0.353 e. The molecule has 26 heavy (non-hydrogen) atoms. The zero-order valence-electron chi connectivity index (χ0n) is 12.9. The molecule has 2 aliphatic heterocycles. The van der Waals surface area contributed by atoms with Crippen LogP contribution in [-0.2, 0) is 14.4 Å². The minimum Gasteiger partial charge on any atom is -0.477 e. The summed E-state index contributed by atoms with van der Waals surface area (Å²) < 4.78 is 0. The normalized spacial score (nSPS) is 22.3. The number of aliphatic carboxylic acids is 1. The lowest BCUT2D eigenvalue weighted by Gasteiger charge is -2.48. The quantitative estimate of drug-likeness (QED) is 0.171. The number of thioether (sulfide) groups is 1. The average molecular weight is 393 g/mol. The summed E-state index contributed by atoms with van der Waals surface area (Å²) in [5.41, 5.74) is 5.10. The monoisotopic (exact) mass is 393 g/mol. The Morgan fingerprint density at radius 1 is 1.54 bits per heavy atom. The molecule has 0 saturated carbocycles. The number of carboxylic acid groups (broad SMARTS) is 1. The van der Waals surface area contributed by atoms with E-state index in [1.54, 1.807) is 0 Å². The second-order valence-electron chi connectivity index (χ2n) is 5.16. The first-order valence-corrected chi connectivity index (χ1v) is 8.94. The standard InChI is InChI=1S/C14H11N5O5S2/c1-2-5-3-25-12-8(11(21)19(12)9(5)13(22)23)17-10(20)7(18-24)6-4-26-14(15)16-6/h1,4,8,12,24H,3H2,(H2,15,16)(H,17,20)(H,22,23)/t8-,12-/m1/s1. The molecule has 134 valence electrons. The molecule has 0 bridgehead atoms. The van der Waals surface area contributed by atoms with Crippen LogP contribution in [0.3, 0.4) is 0 Å². The number of hydrogen-bond acceptors (Lipinski definition) is 9. The van der Waals surface area contributed by atoms with E-state index in [-0.39, 0.29) is 27.8 Å². The predicted molar refractivity (Wildman–Crippen MR) is 93.4 cm³/mol. The van der Waals surface area contributed by atoms with Crippen molar-refractivity contribution in [2.24, 2.45) is 5.16 Å². The number of nitrogens with two attached hydrogens (primary N) is 1. The molecule has 2 aliphatic rings. The number of carbonyl (C=O) groups is 3. The van der Waals surface area contributed by atoms with Crippen molar-refractivity contribution in [1.29, 1.82) is 0 Å². The van der Waals surface area contributed by atoms with Crippen molar-refractivity contribution in [3.05, 3.63) is 22.3 Å². The van der Waals surface area contributed by atoms with Gasteiger partial charge in [0, 0.05) is 16.7 Å². The van der Waals surface area contributed by atoms with E-state index in [0.717, 1.165) is 16.2 Å². The molecule has 3 heterocycles. The van der Waals surface area contributed by atoms with Crippen molar-refractivity contribution in [1.82, 2.24) is 15.2 Å². The van der Waals surface area contributed by atoms with Crippen LogP contribution < -0.4 is 11.1 Å². The first kappa shape index (κ1) is 17.8. The van der Waals surface area contributed by atoms with Gasteiger partial charge in [0.1, 0.15) is 22.8 Å². The number of nitrogens with one attached hydrogen (secondary N) is 1. The van der Waals surface area contributed by atoms with Crippen LogP contribution in [0.15, 0.2) is 21.8 Å². The smallest absolute Gasteiger partial charge is 0.353 e. The number of hydrogen-bond donors (Lipinski definition) is 4. The zero-order chi connectivity index (χ0) is 19.0. The SMILES string of the molecule is C#CC1=C(C(=O)O)N2C(=O)[C@@H](NC(=O)C(=NO)c3csc(N)n3)[C@H]2SC1. The van der Waals surface area contributed by atoms with Crippen LogP contribution in [0, 0.1) is 12.3 Å². The largest absolute Gasteiger partial charge is 0.477 e. The molecule has 1 fully saturated rings. The number of terminal acetylenes is 1. The third kappa shape index (κ3) is 2.76. The molecule has 10 nitrogen and oxygen atoms in total. The Hall–Kier alpha value is -3.04. The van der Waals surface area contributed by atoms with Gasteiger partial charge in [-0.15, -0.1) is 29.5 Å². The molecule has 2 atom stereocenters. The maximum atomic E-state index is 12.4. The highest BCUT2D eigenvalue weighted by Gasteiger charge is 2.54. The number of nitrogens with zero attached hydrogens (tertiary/aromatic N) is 3. The van der Waals surface area contributed by atoms with E-state index >= 15 is 0 Å². The average Bonchev–Trinajstić information content (AvgIpc) is 3.04. The summed E-state index contributed by atoms with van der Waals surface area (Å²) in [7, 11) is 0. The number of rotatable bonds is 4. The van der Waals surface area contributed by atoms with Crippen LogP contribution in [0.5, 0.6) is 0 Å². The fourth-order valence-corrected chi connectivity index (χ4v) is 4.39. The van der Waals surface area contributed by atoms with Gasteiger partial charge in [-0.2, -0.15) is 0 Å². The van der Waals surface area contributed by atoms with Crippen molar-refractivity contribution in [3.8, 4) is 12.3 Å². The second-order valence-corrected chi connectivity index (χ2v) is 7.15. The highest BCUT2D eigenvalue weighted by atomic mass is 32.2. The Bertz CT molecular complexity index is 915. The van der Waals surface area contributed by atoms with Gasteiger partial charge in [-0.05, 0) is 0 Å². The zero-order valence-corrected chi connectivity index (χ0v) is 14.5. The van der Waals surface area contributed by atoms with E-state index < -0.39 is 34.9 Å². The van der Waals surface area contributed by atoms with Gasteiger partial charge in [0.15, 0.2) is 10.8 Å². The minimum absolute atomic E-state index is 0.0631. The molecule has 1 saturated heterocycles. The lowest BCUT2D eigenvalue weighted by Crippen LogP contribution is -2.71. The number of anilines is 1. The molecule has 1 aromatic rings. The Morgan fingerprint density at radius 3 is 2.81 bits per heavy atom. The number of carboxylic acids is 1. The number of oxime groups is 1. The summed E-state index contributed by atoms with van der Waals surface area (Å²) >= 11 is 2.29. The fourth-order valence-electron chi connectivity index (χ4n) is 2.55. The van der Waals surface area contributed by atoms with Crippen LogP contribution in [0.25, 0.3) is 0 Å². The lowest BCUT2D eigenvalue weighted by molar-refractivity contribution is -0.150. The molecule has 0 aromatic carbocycles. The summed E-state index contributed by atoms with van der Waals surface area (Å²) in [4.78, 5) is 41.0. The number of nitrogen functional groups attached to an aromatic ring is 1.